The van der Waals surface area contributed by atoms with E-state index >= 15 is 0 Å². The number of halogens is 1. The lowest BCUT2D eigenvalue weighted by atomic mass is 10.2. The molecule has 3 N–H and O–H groups in total. The number of nitrogens with zero attached hydrogens (tertiary/aromatic N) is 5. The molecule has 0 bridgehead atoms. The summed E-state index contributed by atoms with van der Waals surface area (Å²) in [6.07, 6.45) is 3.38. The summed E-state index contributed by atoms with van der Waals surface area (Å²) in [7, 11) is 0. The van der Waals surface area contributed by atoms with Crippen molar-refractivity contribution >= 4 is 33.5 Å². The number of aromatic nitrogens is 5. The van der Waals surface area contributed by atoms with Crippen LogP contribution in [-0.2, 0) is 0 Å². The van der Waals surface area contributed by atoms with Crippen LogP contribution < -0.4 is 11.1 Å². The fourth-order valence-electron chi connectivity index (χ4n) is 1.78. The Morgan fingerprint density at radius 2 is 2.10 bits per heavy atom. The van der Waals surface area contributed by atoms with Gasteiger partial charge in [-0.15, -0.1) is 0 Å². The Morgan fingerprint density at radius 1 is 1.24 bits per heavy atom. The summed E-state index contributed by atoms with van der Waals surface area (Å²) < 4.78 is 2.43. The minimum absolute atomic E-state index is 0.127. The van der Waals surface area contributed by atoms with Gasteiger partial charge in [0, 0.05) is 16.9 Å². The number of benzene rings is 1. The molecular formula is C13H12BrN7. The molecule has 1 aromatic carbocycles. The van der Waals surface area contributed by atoms with E-state index in [9.17, 15) is 0 Å². The maximum atomic E-state index is 5.73. The van der Waals surface area contributed by atoms with E-state index in [-0.39, 0.29) is 5.95 Å². The second-order valence-electron chi connectivity index (χ2n) is 4.38. The number of hydrogen-bond donors (Lipinski definition) is 2. The van der Waals surface area contributed by atoms with Crippen LogP contribution in [0.3, 0.4) is 0 Å². The van der Waals surface area contributed by atoms with Crippen molar-refractivity contribution in [3.8, 4) is 5.95 Å². The zero-order valence-corrected chi connectivity index (χ0v) is 12.7. The van der Waals surface area contributed by atoms with E-state index in [0.717, 1.165) is 15.7 Å². The molecule has 106 valence electrons. The predicted octanol–water partition coefficient (Wildman–Crippen LogP) is 2.45. The van der Waals surface area contributed by atoms with Crippen LogP contribution in [0.15, 0.2) is 41.1 Å². The molecule has 0 spiro atoms. The van der Waals surface area contributed by atoms with Crippen molar-refractivity contribution in [1.82, 2.24) is 24.7 Å². The van der Waals surface area contributed by atoms with E-state index in [0.29, 0.717) is 11.9 Å². The molecule has 3 rings (SSSR count). The summed E-state index contributed by atoms with van der Waals surface area (Å²) in [5, 5.41) is 7.20. The van der Waals surface area contributed by atoms with Crippen LogP contribution in [0.25, 0.3) is 5.95 Å². The van der Waals surface area contributed by atoms with E-state index in [1.165, 1.54) is 4.68 Å². The number of nitrogens with two attached hydrogens (primary N) is 1. The molecule has 0 saturated heterocycles. The first-order valence-corrected chi connectivity index (χ1v) is 6.96. The van der Waals surface area contributed by atoms with Gasteiger partial charge in [0.1, 0.15) is 0 Å². The van der Waals surface area contributed by atoms with Crippen molar-refractivity contribution in [3.05, 3.63) is 46.7 Å². The summed E-state index contributed by atoms with van der Waals surface area (Å²) in [5.41, 5.74) is 7.71. The summed E-state index contributed by atoms with van der Waals surface area (Å²) in [4.78, 5) is 12.5. The van der Waals surface area contributed by atoms with Crippen molar-refractivity contribution in [2.24, 2.45) is 0 Å². The molecule has 2 heterocycles. The fraction of sp³-hybridized carbons (Fsp3) is 0.0769. The molecule has 21 heavy (non-hydrogen) atoms. The van der Waals surface area contributed by atoms with Crippen LogP contribution in [0.2, 0.25) is 0 Å². The van der Waals surface area contributed by atoms with Crippen LogP contribution in [-0.4, -0.2) is 24.7 Å². The Bertz CT molecular complexity index is 770. The van der Waals surface area contributed by atoms with Crippen LogP contribution in [0, 0.1) is 6.92 Å². The lowest BCUT2D eigenvalue weighted by molar-refractivity contribution is 0.801. The molecule has 0 radical (unpaired) electrons. The third kappa shape index (κ3) is 3.00. The molecule has 3 aromatic rings. The minimum Gasteiger partial charge on any atom is -0.368 e. The van der Waals surface area contributed by atoms with Gasteiger partial charge in [-0.1, -0.05) is 6.07 Å². The maximum absolute atomic E-state index is 5.73. The van der Waals surface area contributed by atoms with Crippen LogP contribution >= 0.6 is 15.9 Å². The van der Waals surface area contributed by atoms with Gasteiger partial charge in [-0.3, -0.25) is 0 Å². The monoisotopic (exact) mass is 345 g/mol. The van der Waals surface area contributed by atoms with Crippen molar-refractivity contribution < 1.29 is 0 Å². The van der Waals surface area contributed by atoms with Crippen molar-refractivity contribution in [3.63, 3.8) is 0 Å². The molecule has 0 saturated carbocycles. The molecule has 0 unspecified atom stereocenters. The van der Waals surface area contributed by atoms with Crippen molar-refractivity contribution in [1.29, 1.82) is 0 Å². The van der Waals surface area contributed by atoms with Crippen LogP contribution in [0.4, 0.5) is 17.6 Å². The van der Waals surface area contributed by atoms with Gasteiger partial charge >= 0.3 is 0 Å². The standard InChI is InChI=1S/C13H12BrN7/c1-8-3-4-9(14)10(7-8)17-12-18-11(15)19-13(20-12)21-6-2-5-16-21/h2-7H,1H3,(H3,15,17,18,19,20). The van der Waals surface area contributed by atoms with E-state index in [1.807, 2.05) is 25.1 Å². The van der Waals surface area contributed by atoms with E-state index in [2.05, 4.69) is 41.3 Å². The van der Waals surface area contributed by atoms with Gasteiger partial charge in [0.15, 0.2) is 0 Å². The minimum atomic E-state index is 0.127. The second-order valence-corrected chi connectivity index (χ2v) is 5.23. The topological polar surface area (TPSA) is 94.5 Å². The smallest absolute Gasteiger partial charge is 0.257 e. The second kappa shape index (κ2) is 5.49. The molecule has 0 aliphatic carbocycles. The average Bonchev–Trinajstić information content (AvgIpc) is 2.96. The Labute approximate surface area is 129 Å². The Kier molecular flexibility index (Phi) is 3.53. The van der Waals surface area contributed by atoms with E-state index in [1.54, 1.807) is 18.5 Å². The van der Waals surface area contributed by atoms with Gasteiger partial charge in [0.05, 0.1) is 5.69 Å². The zero-order valence-electron chi connectivity index (χ0n) is 11.2. The Morgan fingerprint density at radius 3 is 2.86 bits per heavy atom. The van der Waals surface area contributed by atoms with Crippen LogP contribution in [0.1, 0.15) is 5.56 Å². The summed E-state index contributed by atoms with van der Waals surface area (Å²) in [5.74, 6) is 0.847. The number of rotatable bonds is 3. The third-order valence-corrected chi connectivity index (χ3v) is 3.41. The highest BCUT2D eigenvalue weighted by atomic mass is 79.9. The first kappa shape index (κ1) is 13.5. The molecule has 0 atom stereocenters. The molecule has 0 fully saturated rings. The normalized spacial score (nSPS) is 10.6. The van der Waals surface area contributed by atoms with Gasteiger partial charge in [-0.05, 0) is 46.6 Å². The lowest BCUT2D eigenvalue weighted by Crippen LogP contribution is -2.09. The summed E-state index contributed by atoms with van der Waals surface area (Å²) >= 11 is 3.48. The van der Waals surface area contributed by atoms with Gasteiger partial charge in [-0.25, -0.2) is 4.68 Å². The number of hydrogen-bond acceptors (Lipinski definition) is 6. The quantitative estimate of drug-likeness (QED) is 0.757. The largest absolute Gasteiger partial charge is 0.368 e. The van der Waals surface area contributed by atoms with Gasteiger partial charge in [-0.2, -0.15) is 20.1 Å². The molecule has 0 aliphatic heterocycles. The summed E-state index contributed by atoms with van der Waals surface area (Å²) in [6, 6.07) is 7.73. The molecular weight excluding hydrogens is 334 g/mol. The van der Waals surface area contributed by atoms with E-state index < -0.39 is 0 Å². The Balaban J connectivity index is 1.97. The van der Waals surface area contributed by atoms with Gasteiger partial charge in [0.2, 0.25) is 11.9 Å². The zero-order chi connectivity index (χ0) is 14.8. The number of aryl methyl sites for hydroxylation is 1. The molecule has 2 aromatic heterocycles. The maximum Gasteiger partial charge on any atom is 0.257 e. The molecule has 0 amide bonds. The molecule has 7 nitrogen and oxygen atoms in total. The Hall–Kier alpha value is -2.48. The molecule has 0 aliphatic rings. The van der Waals surface area contributed by atoms with Crippen molar-refractivity contribution in [2.45, 2.75) is 6.92 Å². The lowest BCUT2D eigenvalue weighted by Gasteiger charge is -2.09. The average molecular weight is 346 g/mol. The number of anilines is 3. The first-order chi connectivity index (χ1) is 10.1. The SMILES string of the molecule is Cc1ccc(Br)c(Nc2nc(N)nc(-n3cccn3)n2)c1. The predicted molar refractivity (Wildman–Crippen MR) is 83.5 cm³/mol. The van der Waals surface area contributed by atoms with Crippen LogP contribution in [0.5, 0.6) is 0 Å². The highest BCUT2D eigenvalue weighted by molar-refractivity contribution is 9.10. The molecule has 8 heteroatoms. The van der Waals surface area contributed by atoms with Gasteiger partial charge < -0.3 is 11.1 Å². The summed E-state index contributed by atoms with van der Waals surface area (Å²) in [6.45, 7) is 2.01. The number of nitrogens with one attached hydrogen (secondary N) is 1. The number of nitrogen functional groups attached to an aromatic ring is 1. The highest BCUT2D eigenvalue weighted by Crippen LogP contribution is 2.25. The van der Waals surface area contributed by atoms with E-state index in [4.69, 9.17) is 5.73 Å². The third-order valence-electron chi connectivity index (χ3n) is 2.72. The highest BCUT2D eigenvalue weighted by Gasteiger charge is 2.08. The first-order valence-electron chi connectivity index (χ1n) is 6.16. The van der Waals surface area contributed by atoms with Crippen molar-refractivity contribution in [2.75, 3.05) is 11.1 Å². The van der Waals surface area contributed by atoms with Gasteiger partial charge in [0.25, 0.3) is 5.95 Å². The fourth-order valence-corrected chi connectivity index (χ4v) is 2.13.